The van der Waals surface area contributed by atoms with Crippen molar-refractivity contribution in [1.29, 1.82) is 0 Å². The van der Waals surface area contributed by atoms with E-state index in [4.69, 9.17) is 14.7 Å². The van der Waals surface area contributed by atoms with Gasteiger partial charge < -0.3 is 9.30 Å². The predicted molar refractivity (Wildman–Crippen MR) is 191 cm³/mol. The van der Waals surface area contributed by atoms with Gasteiger partial charge in [0.2, 0.25) is 11.8 Å². The van der Waals surface area contributed by atoms with E-state index in [1.165, 1.54) is 0 Å². The summed E-state index contributed by atoms with van der Waals surface area (Å²) in [7, 11) is -2.15. The van der Waals surface area contributed by atoms with Gasteiger partial charge in [-0.3, -0.25) is 4.98 Å². The molecule has 11 heteroatoms. The third kappa shape index (κ3) is 7.18. The number of nitrogens with one attached hydrogen (secondary N) is 1. The molecule has 9 nitrogen and oxygen atoms in total. The average molecular weight is 685 g/mol. The van der Waals surface area contributed by atoms with E-state index in [9.17, 15) is 8.42 Å². The van der Waals surface area contributed by atoms with Crippen LogP contribution in [-0.2, 0) is 23.5 Å². The highest BCUT2D eigenvalue weighted by Crippen LogP contribution is 2.38. The van der Waals surface area contributed by atoms with E-state index < -0.39 is 15.8 Å². The molecule has 0 saturated carbocycles. The summed E-state index contributed by atoms with van der Waals surface area (Å²) in [5.74, 6) is -1.34. The predicted octanol–water partition coefficient (Wildman–Crippen LogP) is 8.27. The minimum Gasteiger partial charge on any atom is -0.475 e. The number of anilines is 1. The van der Waals surface area contributed by atoms with Gasteiger partial charge in [-0.05, 0) is 85.3 Å². The smallest absolute Gasteiger partial charge is 0.264 e. The molecule has 2 atom stereocenters. The van der Waals surface area contributed by atoms with E-state index in [2.05, 4.69) is 59.9 Å². The van der Waals surface area contributed by atoms with E-state index in [0.717, 1.165) is 52.1 Å². The first-order chi connectivity index (χ1) is 23.1. The second-order valence-corrected chi connectivity index (χ2v) is 16.5. The van der Waals surface area contributed by atoms with E-state index in [0.29, 0.717) is 17.9 Å². The number of nitrogens with zero attached hydrogens (tertiary/aromatic N) is 5. The fraction of sp³-hybridized carbons (Fsp3) is 0.421. The molecule has 0 aliphatic carbocycles. The molecular weight excluding hydrogens is 640 g/mol. The van der Waals surface area contributed by atoms with Gasteiger partial charge in [-0.15, -0.1) is 0 Å². The van der Waals surface area contributed by atoms with Crippen LogP contribution in [0.25, 0.3) is 22.4 Å². The number of ether oxygens (including phenoxy) is 1. The molecule has 0 saturated heterocycles. The minimum atomic E-state index is -4.15. The fourth-order valence-corrected chi connectivity index (χ4v) is 7.78. The second kappa shape index (κ2) is 13.2. The Hall–Kier alpha value is -4.38. The summed E-state index contributed by atoms with van der Waals surface area (Å²) in [6.45, 7) is 14.7. The first kappa shape index (κ1) is 34.5. The van der Waals surface area contributed by atoms with Gasteiger partial charge in [0.05, 0.1) is 17.2 Å². The van der Waals surface area contributed by atoms with Crippen LogP contribution >= 0.6 is 0 Å². The van der Waals surface area contributed by atoms with Gasteiger partial charge in [-0.1, -0.05) is 65.0 Å². The number of halogens is 1. The summed E-state index contributed by atoms with van der Waals surface area (Å²) in [5, 5.41) is 0. The quantitative estimate of drug-likeness (QED) is 0.192. The Morgan fingerprint density at radius 1 is 1.04 bits per heavy atom. The molecular formula is C38H45FN6O3S. The standard InChI is InChI=1S/C38H45FN6O3S/c1-22(2)31-19-30-35(45(31)8)41-27(20-40-30)18-29-25-13-10-14-28(17-25)49(46,47)44-37-42-34(32-23(3)11-9-12-24(32)4)33(39)36(43-37)48-21-26(29)15-16-38(5,6)7/h9-14,17,19-20,22,26,29H,15-16,18,21H2,1-8H3,(H,42,43,44)/t26-,29?/m1/s1. The van der Waals surface area contributed by atoms with Crippen molar-refractivity contribution >= 4 is 27.1 Å². The van der Waals surface area contributed by atoms with Crippen LogP contribution in [0.3, 0.4) is 0 Å². The zero-order chi connectivity index (χ0) is 35.2. The lowest BCUT2D eigenvalue weighted by atomic mass is 9.77. The molecule has 2 aromatic carbocycles. The van der Waals surface area contributed by atoms with Crippen LogP contribution in [0.15, 0.2) is 59.6 Å². The van der Waals surface area contributed by atoms with E-state index in [-0.39, 0.29) is 46.3 Å². The molecule has 49 heavy (non-hydrogen) atoms. The highest BCUT2D eigenvalue weighted by atomic mass is 32.2. The van der Waals surface area contributed by atoms with Gasteiger partial charge in [0.15, 0.2) is 5.65 Å². The van der Waals surface area contributed by atoms with Crippen LogP contribution < -0.4 is 9.46 Å². The number of aromatic nitrogens is 5. The minimum absolute atomic E-state index is 0.0150. The topological polar surface area (TPSA) is 112 Å². The summed E-state index contributed by atoms with van der Waals surface area (Å²) in [6.07, 6.45) is 3.89. The Morgan fingerprint density at radius 3 is 2.45 bits per heavy atom. The maximum Gasteiger partial charge on any atom is 0.264 e. The molecule has 0 radical (unpaired) electrons. The number of hydrogen-bond acceptors (Lipinski definition) is 7. The Morgan fingerprint density at radius 2 is 1.76 bits per heavy atom. The summed E-state index contributed by atoms with van der Waals surface area (Å²) in [4.78, 5) is 18.6. The third-order valence-corrected chi connectivity index (χ3v) is 10.8. The van der Waals surface area contributed by atoms with Gasteiger partial charge >= 0.3 is 0 Å². The summed E-state index contributed by atoms with van der Waals surface area (Å²) < 4.78 is 55.0. The van der Waals surface area contributed by atoms with E-state index in [1.807, 2.05) is 45.2 Å². The van der Waals surface area contributed by atoms with Crippen LogP contribution in [0.4, 0.5) is 10.3 Å². The molecule has 0 fully saturated rings. The fourth-order valence-electron chi connectivity index (χ4n) is 6.78. The Bertz CT molecular complexity index is 2120. The Balaban J connectivity index is 1.50. The summed E-state index contributed by atoms with van der Waals surface area (Å²) >= 11 is 0. The molecule has 3 aromatic heterocycles. The number of hydrogen-bond donors (Lipinski definition) is 1. The monoisotopic (exact) mass is 684 g/mol. The van der Waals surface area contributed by atoms with Crippen LogP contribution in [-0.4, -0.2) is 39.5 Å². The molecule has 1 N–H and O–H groups in total. The molecule has 1 unspecified atom stereocenters. The first-order valence-electron chi connectivity index (χ1n) is 16.8. The van der Waals surface area contributed by atoms with Crippen LogP contribution in [0.1, 0.15) is 87.4 Å². The molecule has 258 valence electrons. The van der Waals surface area contributed by atoms with Crippen LogP contribution in [0.5, 0.6) is 5.88 Å². The lowest BCUT2D eigenvalue weighted by molar-refractivity contribution is 0.183. The van der Waals surface area contributed by atoms with Crippen molar-refractivity contribution in [3.8, 4) is 17.1 Å². The lowest BCUT2D eigenvalue weighted by Crippen LogP contribution is -2.26. The first-order valence-corrected chi connectivity index (χ1v) is 18.3. The van der Waals surface area contributed by atoms with Crippen molar-refractivity contribution < 1.29 is 17.5 Å². The van der Waals surface area contributed by atoms with Crippen LogP contribution in [0.2, 0.25) is 0 Å². The Labute approximate surface area is 288 Å². The molecule has 0 spiro atoms. The van der Waals surface area contributed by atoms with Gasteiger partial charge in [0, 0.05) is 30.4 Å². The van der Waals surface area contributed by atoms with Crippen molar-refractivity contribution in [2.24, 2.45) is 18.4 Å². The zero-order valence-corrected chi connectivity index (χ0v) is 30.3. The lowest BCUT2D eigenvalue weighted by Gasteiger charge is -2.31. The zero-order valence-electron chi connectivity index (χ0n) is 29.5. The average Bonchev–Trinajstić information content (AvgIpc) is 3.36. The normalized spacial score (nSPS) is 17.7. The second-order valence-electron chi connectivity index (χ2n) is 14.8. The number of fused-ring (bicyclic) bond motifs is 5. The summed E-state index contributed by atoms with van der Waals surface area (Å²) in [5.41, 5.74) is 6.54. The van der Waals surface area contributed by atoms with Crippen molar-refractivity contribution in [2.75, 3.05) is 11.3 Å². The van der Waals surface area contributed by atoms with Crippen molar-refractivity contribution in [1.82, 2.24) is 24.5 Å². The number of rotatable bonds is 6. The van der Waals surface area contributed by atoms with Crippen molar-refractivity contribution in [2.45, 2.75) is 84.5 Å². The highest BCUT2D eigenvalue weighted by molar-refractivity contribution is 7.92. The van der Waals surface area contributed by atoms with Crippen LogP contribution in [0, 0.1) is 31.0 Å². The van der Waals surface area contributed by atoms with Gasteiger partial charge in [0.25, 0.3) is 15.9 Å². The SMILES string of the molecule is Cc1cccc(C)c1-c1nc2nc(c1F)OC[C@@H](CCC(C)(C)C)C(Cc1cnc3cc(C(C)C)n(C)c3n1)c1cccc(c1)S(=O)(=O)N2. The summed E-state index contributed by atoms with van der Waals surface area (Å²) in [6, 6.07) is 14.7. The maximum absolute atomic E-state index is 16.4. The van der Waals surface area contributed by atoms with Crippen molar-refractivity contribution in [3.63, 3.8) is 0 Å². The van der Waals surface area contributed by atoms with Gasteiger partial charge in [-0.2, -0.15) is 9.37 Å². The largest absolute Gasteiger partial charge is 0.475 e. The number of sulfonamides is 1. The molecule has 0 amide bonds. The van der Waals surface area contributed by atoms with Gasteiger partial charge in [-0.25, -0.2) is 23.1 Å². The highest BCUT2D eigenvalue weighted by Gasteiger charge is 2.31. The number of benzene rings is 2. The van der Waals surface area contributed by atoms with E-state index in [1.54, 1.807) is 24.4 Å². The molecule has 4 bridgehead atoms. The van der Waals surface area contributed by atoms with Gasteiger partial charge in [0.1, 0.15) is 11.2 Å². The Kier molecular flexibility index (Phi) is 9.25. The molecule has 5 aromatic rings. The molecule has 4 heterocycles. The van der Waals surface area contributed by atoms with E-state index >= 15 is 4.39 Å². The number of aryl methyl sites for hydroxylation is 3. The third-order valence-electron chi connectivity index (χ3n) is 9.47. The maximum atomic E-state index is 16.4. The molecule has 6 rings (SSSR count). The van der Waals surface area contributed by atoms with Crippen molar-refractivity contribution in [3.05, 3.63) is 88.6 Å². The molecule has 1 aliphatic rings. The molecule has 1 aliphatic heterocycles.